The Morgan fingerprint density at radius 2 is 1.67 bits per heavy atom. The maximum atomic E-state index is 12.4. The lowest BCUT2D eigenvalue weighted by Crippen LogP contribution is -2.51. The van der Waals surface area contributed by atoms with E-state index in [4.69, 9.17) is 4.74 Å². The molecule has 3 amide bonds. The van der Waals surface area contributed by atoms with Gasteiger partial charge in [-0.15, -0.1) is 0 Å². The van der Waals surface area contributed by atoms with Gasteiger partial charge in [0.15, 0.2) is 0 Å². The number of nitrogens with zero attached hydrogens (tertiary/aromatic N) is 1. The smallest absolute Gasteiger partial charge is 0.426 e. The van der Waals surface area contributed by atoms with Crippen molar-refractivity contribution >= 4 is 28.7 Å². The Morgan fingerprint density at radius 1 is 1.10 bits per heavy atom. The average Bonchev–Trinajstić information content (AvgIpc) is 2.49. The van der Waals surface area contributed by atoms with Gasteiger partial charge in [0.05, 0.1) is 17.7 Å². The van der Waals surface area contributed by atoms with Gasteiger partial charge in [-0.3, -0.25) is 9.59 Å². The minimum absolute atomic E-state index is 0.147. The molecular formula is C15H12N2O4. The number of rotatable bonds is 2. The molecule has 2 aromatic carbocycles. The van der Waals surface area contributed by atoms with E-state index in [1.165, 1.54) is 0 Å². The van der Waals surface area contributed by atoms with Gasteiger partial charge in [0.25, 0.3) is 11.8 Å². The fourth-order valence-electron chi connectivity index (χ4n) is 2.39. The average molecular weight is 284 g/mol. The van der Waals surface area contributed by atoms with E-state index in [1.807, 2.05) is 12.1 Å². The van der Waals surface area contributed by atoms with Crippen LogP contribution in [0.15, 0.2) is 36.4 Å². The maximum Gasteiger partial charge on any atom is 0.426 e. The van der Waals surface area contributed by atoms with Crippen molar-refractivity contribution in [3.05, 3.63) is 47.5 Å². The predicted molar refractivity (Wildman–Crippen MR) is 74.6 cm³/mol. The lowest BCUT2D eigenvalue weighted by molar-refractivity contribution is 0.0489. The lowest BCUT2D eigenvalue weighted by atomic mass is 9.95. The molecular weight excluding hydrogens is 272 g/mol. The van der Waals surface area contributed by atoms with Gasteiger partial charge in [0.1, 0.15) is 0 Å². The standard InChI is InChI=1S/C15H12N2O4/c1-2-21-15(20)16-17-13(18)10-7-3-5-9-6-4-8-11(12(9)10)14(17)19/h3-8H,2H2,1H3,(H,16,20). The molecule has 0 bridgehead atoms. The summed E-state index contributed by atoms with van der Waals surface area (Å²) in [7, 11) is 0. The molecule has 0 unspecified atom stereocenters. The quantitative estimate of drug-likeness (QED) is 0.857. The Bertz CT molecular complexity index is 719. The van der Waals surface area contributed by atoms with Gasteiger partial charge in [-0.05, 0) is 24.4 Å². The van der Waals surface area contributed by atoms with E-state index in [0.29, 0.717) is 21.5 Å². The van der Waals surface area contributed by atoms with Crippen LogP contribution in [0.4, 0.5) is 4.79 Å². The molecule has 0 radical (unpaired) electrons. The van der Waals surface area contributed by atoms with E-state index in [9.17, 15) is 14.4 Å². The molecule has 0 saturated heterocycles. The van der Waals surface area contributed by atoms with Crippen molar-refractivity contribution in [1.29, 1.82) is 0 Å². The summed E-state index contributed by atoms with van der Waals surface area (Å²) in [5.41, 5.74) is 2.93. The van der Waals surface area contributed by atoms with E-state index in [0.717, 1.165) is 5.39 Å². The highest BCUT2D eigenvalue weighted by Crippen LogP contribution is 2.29. The van der Waals surface area contributed by atoms with Crippen LogP contribution in [0.2, 0.25) is 0 Å². The second-order valence-corrected chi connectivity index (χ2v) is 4.49. The molecule has 0 fully saturated rings. The number of ether oxygens (including phenoxy) is 1. The SMILES string of the molecule is CCOC(=O)NN1C(=O)c2cccc3cccc(c23)C1=O. The van der Waals surface area contributed by atoms with Gasteiger partial charge < -0.3 is 4.74 Å². The summed E-state index contributed by atoms with van der Waals surface area (Å²) in [5.74, 6) is -1.14. The number of benzene rings is 2. The van der Waals surface area contributed by atoms with Gasteiger partial charge in [0.2, 0.25) is 0 Å². The molecule has 1 aliphatic heterocycles. The number of hydrazine groups is 1. The normalized spacial score (nSPS) is 13.5. The largest absolute Gasteiger partial charge is 0.449 e. The van der Waals surface area contributed by atoms with Crippen LogP contribution in [-0.2, 0) is 4.74 Å². The summed E-state index contributed by atoms with van der Waals surface area (Å²) in [6, 6.07) is 10.4. The molecule has 0 atom stereocenters. The van der Waals surface area contributed by atoms with Crippen LogP contribution in [0.25, 0.3) is 10.8 Å². The van der Waals surface area contributed by atoms with Crippen molar-refractivity contribution in [2.24, 2.45) is 0 Å². The molecule has 3 rings (SSSR count). The predicted octanol–water partition coefficient (Wildman–Crippen LogP) is 2.10. The van der Waals surface area contributed by atoms with Gasteiger partial charge >= 0.3 is 6.09 Å². The molecule has 2 aromatic rings. The number of hydrogen-bond donors (Lipinski definition) is 1. The third kappa shape index (κ3) is 2.01. The molecule has 21 heavy (non-hydrogen) atoms. The van der Waals surface area contributed by atoms with Gasteiger partial charge in [-0.1, -0.05) is 24.3 Å². The topological polar surface area (TPSA) is 75.7 Å². The number of nitrogens with one attached hydrogen (secondary N) is 1. The fraction of sp³-hybridized carbons (Fsp3) is 0.133. The summed E-state index contributed by atoms with van der Waals surface area (Å²) < 4.78 is 4.71. The van der Waals surface area contributed by atoms with Crippen LogP contribution in [-0.4, -0.2) is 29.5 Å². The molecule has 1 N–H and O–H groups in total. The number of carbonyl (C=O) groups is 3. The van der Waals surface area contributed by atoms with Crippen LogP contribution < -0.4 is 5.43 Å². The Kier molecular flexibility index (Phi) is 3.06. The van der Waals surface area contributed by atoms with Crippen molar-refractivity contribution in [2.45, 2.75) is 6.92 Å². The lowest BCUT2D eigenvalue weighted by Gasteiger charge is -2.26. The summed E-state index contributed by atoms with van der Waals surface area (Å²) in [4.78, 5) is 36.3. The second-order valence-electron chi connectivity index (χ2n) is 4.49. The molecule has 0 spiro atoms. The molecule has 1 aliphatic rings. The number of amides is 3. The zero-order valence-corrected chi connectivity index (χ0v) is 11.3. The monoisotopic (exact) mass is 284 g/mol. The first-order valence-corrected chi connectivity index (χ1v) is 6.47. The molecule has 1 heterocycles. The first-order valence-electron chi connectivity index (χ1n) is 6.47. The number of carbonyl (C=O) groups excluding carboxylic acids is 3. The Labute approximate surface area is 120 Å². The van der Waals surface area contributed by atoms with E-state index in [2.05, 4.69) is 5.43 Å². The van der Waals surface area contributed by atoms with Gasteiger partial charge in [-0.25, -0.2) is 10.2 Å². The fourth-order valence-corrected chi connectivity index (χ4v) is 2.39. The third-order valence-corrected chi connectivity index (χ3v) is 3.25. The van der Waals surface area contributed by atoms with Crippen molar-refractivity contribution in [3.8, 4) is 0 Å². The molecule has 0 aliphatic carbocycles. The third-order valence-electron chi connectivity index (χ3n) is 3.25. The molecule has 0 aromatic heterocycles. The van der Waals surface area contributed by atoms with E-state index < -0.39 is 17.9 Å². The molecule has 106 valence electrons. The van der Waals surface area contributed by atoms with Crippen LogP contribution in [0, 0.1) is 0 Å². The second kappa shape index (κ2) is 4.90. The van der Waals surface area contributed by atoms with Gasteiger partial charge in [0, 0.05) is 5.39 Å². The minimum Gasteiger partial charge on any atom is -0.449 e. The molecule has 0 saturated carbocycles. The minimum atomic E-state index is -0.842. The number of hydrogen-bond acceptors (Lipinski definition) is 4. The zero-order valence-electron chi connectivity index (χ0n) is 11.3. The summed E-state index contributed by atoms with van der Waals surface area (Å²) in [6.45, 7) is 1.78. The maximum absolute atomic E-state index is 12.4. The Balaban J connectivity index is 2.09. The molecule has 6 heteroatoms. The Hall–Kier alpha value is -2.89. The van der Waals surface area contributed by atoms with Gasteiger partial charge in [-0.2, -0.15) is 5.01 Å². The van der Waals surface area contributed by atoms with Crippen molar-refractivity contribution in [1.82, 2.24) is 10.4 Å². The summed E-state index contributed by atoms with van der Waals surface area (Å²) in [5, 5.41) is 2.11. The highest BCUT2D eigenvalue weighted by molar-refractivity contribution is 6.25. The Morgan fingerprint density at radius 3 is 2.19 bits per heavy atom. The van der Waals surface area contributed by atoms with E-state index in [1.54, 1.807) is 31.2 Å². The zero-order chi connectivity index (χ0) is 15.0. The van der Waals surface area contributed by atoms with Crippen LogP contribution in [0.1, 0.15) is 27.6 Å². The van der Waals surface area contributed by atoms with Crippen molar-refractivity contribution in [2.75, 3.05) is 6.61 Å². The summed E-state index contributed by atoms with van der Waals surface area (Å²) >= 11 is 0. The van der Waals surface area contributed by atoms with Crippen molar-refractivity contribution < 1.29 is 19.1 Å². The van der Waals surface area contributed by atoms with Crippen molar-refractivity contribution in [3.63, 3.8) is 0 Å². The number of imide groups is 1. The van der Waals surface area contributed by atoms with E-state index in [-0.39, 0.29) is 6.61 Å². The van der Waals surface area contributed by atoms with E-state index >= 15 is 0 Å². The highest BCUT2D eigenvalue weighted by atomic mass is 16.6. The highest BCUT2D eigenvalue weighted by Gasteiger charge is 2.34. The van der Waals surface area contributed by atoms with Crippen LogP contribution >= 0.6 is 0 Å². The van der Waals surface area contributed by atoms with Crippen LogP contribution in [0.5, 0.6) is 0 Å². The summed E-state index contributed by atoms with van der Waals surface area (Å²) in [6.07, 6.45) is -0.842. The van der Waals surface area contributed by atoms with Crippen LogP contribution in [0.3, 0.4) is 0 Å². The first-order chi connectivity index (χ1) is 10.1. The molecule has 6 nitrogen and oxygen atoms in total. The first kappa shape index (κ1) is 13.1.